The van der Waals surface area contributed by atoms with Crippen molar-refractivity contribution in [2.75, 3.05) is 83.1 Å². The Balaban J connectivity index is 0.631. The van der Waals surface area contributed by atoms with Crippen molar-refractivity contribution >= 4 is 58.0 Å². The minimum Gasteiger partial charge on any atom is -0.490 e. The molecular formula is C64H73ClF2N14O10. The van der Waals surface area contributed by atoms with Gasteiger partial charge in [0.05, 0.1) is 91.5 Å². The molecule has 0 spiro atoms. The van der Waals surface area contributed by atoms with Gasteiger partial charge in [-0.15, -0.1) is 5.10 Å². The lowest BCUT2D eigenvalue weighted by Gasteiger charge is -2.39. The van der Waals surface area contributed by atoms with E-state index < -0.39 is 35.6 Å². The number of ether oxygens (including phenoxy) is 6. The number of hydrogen-bond acceptors (Lipinski definition) is 20. The lowest BCUT2D eigenvalue weighted by molar-refractivity contribution is -0.143. The summed E-state index contributed by atoms with van der Waals surface area (Å²) in [5.74, 6) is -0.619. The Hall–Kier alpha value is -9.03. The number of aromatic nitrogens is 8. The number of benzene rings is 2. The van der Waals surface area contributed by atoms with Gasteiger partial charge in [0.15, 0.2) is 5.82 Å². The van der Waals surface area contributed by atoms with Crippen LogP contribution in [0, 0.1) is 35.3 Å². The molecule has 3 atom stereocenters. The monoisotopic (exact) mass is 1270 g/mol. The minimum atomic E-state index is -0.780. The van der Waals surface area contributed by atoms with Gasteiger partial charge in [0, 0.05) is 99.5 Å². The van der Waals surface area contributed by atoms with E-state index in [4.69, 9.17) is 40.0 Å². The molecule has 3 amide bonds. The molecule has 24 nitrogen and oxygen atoms in total. The third-order valence-electron chi connectivity index (χ3n) is 15.3. The zero-order chi connectivity index (χ0) is 64.8. The molecule has 7 aromatic rings. The van der Waals surface area contributed by atoms with Gasteiger partial charge in [-0.2, -0.15) is 5.26 Å². The van der Waals surface area contributed by atoms with Crippen molar-refractivity contribution < 1.29 is 56.4 Å². The number of hydrogen-bond donors (Lipinski definition) is 2. The highest BCUT2D eigenvalue weighted by Crippen LogP contribution is 2.37. The van der Waals surface area contributed by atoms with Crippen LogP contribution in [0.15, 0.2) is 85.5 Å². The fraction of sp³-hybridized carbons (Fsp3) is 0.438. The van der Waals surface area contributed by atoms with Gasteiger partial charge in [-0.25, -0.2) is 43.2 Å². The van der Waals surface area contributed by atoms with Gasteiger partial charge in [0.1, 0.15) is 59.5 Å². The van der Waals surface area contributed by atoms with Crippen LogP contribution in [0.5, 0.6) is 17.4 Å². The van der Waals surface area contributed by atoms with Gasteiger partial charge in [0.2, 0.25) is 23.6 Å². The number of amides is 3. The third kappa shape index (κ3) is 17.9. The maximum absolute atomic E-state index is 15.7. The predicted octanol–water partition coefficient (Wildman–Crippen LogP) is 8.61. The number of anilines is 2. The summed E-state index contributed by atoms with van der Waals surface area (Å²) in [6, 6.07) is 16.0. The molecule has 7 heterocycles. The number of carbonyl (C=O) groups is 4. The SMILES string of the molecule is COC(=O)[C@H](CCC(C)(C)C)NC(=O)c1ccc(Oc2cccc(OC3CCN(C(=O)COCCOCCOCc4cn(CC(=O)N5CCN(c6ncc(-c7nc8c(N[C@H](C)c9cc(C#N)ccc9F)c(Cl)c(C)nc8cc7F)cn6)C[C@H]5C)nn4)CC3)c2)nc1. The van der Waals surface area contributed by atoms with Crippen LogP contribution in [0.4, 0.5) is 20.4 Å². The number of piperazine rings is 1. The number of pyridine rings is 3. The number of carbonyl (C=O) groups excluding carboxylic acids is 4. The molecule has 91 heavy (non-hydrogen) atoms. The molecule has 2 N–H and O–H groups in total. The number of methoxy groups -OCH3 is 1. The molecule has 5 aromatic heterocycles. The predicted molar refractivity (Wildman–Crippen MR) is 331 cm³/mol. The van der Waals surface area contributed by atoms with E-state index in [0.29, 0.717) is 104 Å². The van der Waals surface area contributed by atoms with E-state index in [0.717, 1.165) is 0 Å². The quantitative estimate of drug-likeness (QED) is 0.0379. The lowest BCUT2D eigenvalue weighted by Crippen LogP contribution is -2.55. The van der Waals surface area contributed by atoms with Gasteiger partial charge in [-0.1, -0.05) is 43.7 Å². The number of aryl methyl sites for hydroxylation is 1. The van der Waals surface area contributed by atoms with Crippen LogP contribution in [0.3, 0.4) is 0 Å². The summed E-state index contributed by atoms with van der Waals surface area (Å²) in [7, 11) is 1.30. The number of rotatable bonds is 26. The number of nitrogens with zero attached hydrogens (tertiary/aromatic N) is 12. The maximum atomic E-state index is 15.7. The van der Waals surface area contributed by atoms with E-state index in [1.807, 2.05) is 24.0 Å². The molecule has 0 bridgehead atoms. The van der Waals surface area contributed by atoms with E-state index >= 15 is 4.39 Å². The highest BCUT2D eigenvalue weighted by Gasteiger charge is 2.31. The van der Waals surface area contributed by atoms with Crippen LogP contribution in [0.1, 0.15) is 99.2 Å². The number of halogens is 3. The number of esters is 1. The average molecular weight is 1270 g/mol. The van der Waals surface area contributed by atoms with Gasteiger partial charge in [-0.05, 0) is 75.4 Å². The molecule has 2 fully saturated rings. The Morgan fingerprint density at radius 3 is 2.33 bits per heavy atom. The fourth-order valence-corrected chi connectivity index (χ4v) is 10.5. The van der Waals surface area contributed by atoms with Crippen molar-refractivity contribution in [2.45, 2.75) is 105 Å². The number of fused-ring (bicyclic) bond motifs is 1. The van der Waals surface area contributed by atoms with Gasteiger partial charge in [-0.3, -0.25) is 14.4 Å². The first-order valence-corrected chi connectivity index (χ1v) is 30.3. The Labute approximate surface area is 530 Å². The van der Waals surface area contributed by atoms with E-state index in [-0.39, 0.29) is 114 Å². The van der Waals surface area contributed by atoms with Crippen molar-refractivity contribution in [2.24, 2.45) is 5.41 Å². The Bertz CT molecular complexity index is 3730. The number of nitriles is 1. The summed E-state index contributed by atoms with van der Waals surface area (Å²) >= 11 is 6.73. The number of likely N-dealkylation sites (tertiary alicyclic amines) is 1. The Kier molecular flexibility index (Phi) is 22.4. The van der Waals surface area contributed by atoms with E-state index in [9.17, 15) is 28.8 Å². The molecule has 2 aliphatic heterocycles. The van der Waals surface area contributed by atoms with Crippen LogP contribution in [-0.4, -0.2) is 164 Å². The molecule has 480 valence electrons. The normalized spacial score (nSPS) is 15.2. The van der Waals surface area contributed by atoms with Crippen molar-refractivity contribution in [1.82, 2.24) is 55.0 Å². The van der Waals surface area contributed by atoms with Crippen LogP contribution in [0.2, 0.25) is 5.02 Å². The van der Waals surface area contributed by atoms with E-state index in [2.05, 4.69) is 66.6 Å². The third-order valence-corrected chi connectivity index (χ3v) is 15.8. The summed E-state index contributed by atoms with van der Waals surface area (Å²) in [6.07, 6.45) is 8.31. The molecule has 0 radical (unpaired) electrons. The minimum absolute atomic E-state index is 0.0232. The second kappa shape index (κ2) is 30.7. The molecule has 0 aliphatic carbocycles. The number of nitrogens with one attached hydrogen (secondary N) is 2. The Morgan fingerprint density at radius 1 is 0.868 bits per heavy atom. The first-order valence-electron chi connectivity index (χ1n) is 29.9. The first kappa shape index (κ1) is 66.4. The van der Waals surface area contributed by atoms with Crippen LogP contribution in [0.25, 0.3) is 22.3 Å². The molecular weight excluding hydrogens is 1200 g/mol. The van der Waals surface area contributed by atoms with E-state index in [1.54, 1.807) is 60.2 Å². The summed E-state index contributed by atoms with van der Waals surface area (Å²) in [5.41, 5.74) is 2.79. The molecule has 2 saturated heterocycles. The highest BCUT2D eigenvalue weighted by atomic mass is 35.5. The first-order chi connectivity index (χ1) is 43.7. The summed E-state index contributed by atoms with van der Waals surface area (Å²) in [6.45, 7) is 14.9. The summed E-state index contributed by atoms with van der Waals surface area (Å²) in [4.78, 5) is 79.7. The lowest BCUT2D eigenvalue weighted by atomic mass is 9.88. The largest absolute Gasteiger partial charge is 0.490 e. The molecule has 0 saturated carbocycles. The maximum Gasteiger partial charge on any atom is 0.328 e. The molecule has 2 aromatic carbocycles. The highest BCUT2D eigenvalue weighted by molar-refractivity contribution is 6.35. The fourth-order valence-electron chi connectivity index (χ4n) is 10.4. The van der Waals surface area contributed by atoms with Crippen molar-refractivity contribution in [3.05, 3.63) is 130 Å². The molecule has 27 heteroatoms. The topological polar surface area (TPSA) is 276 Å². The van der Waals surface area contributed by atoms with Crippen LogP contribution in [-0.2, 0) is 46.5 Å². The van der Waals surface area contributed by atoms with Crippen molar-refractivity contribution in [3.63, 3.8) is 0 Å². The van der Waals surface area contributed by atoms with Crippen LogP contribution < -0.4 is 25.0 Å². The smallest absolute Gasteiger partial charge is 0.328 e. The Morgan fingerprint density at radius 2 is 1.62 bits per heavy atom. The second-order valence-electron chi connectivity index (χ2n) is 23.4. The molecule has 0 unspecified atom stereocenters. The van der Waals surface area contributed by atoms with Crippen molar-refractivity contribution in [3.8, 4) is 34.7 Å². The second-order valence-corrected chi connectivity index (χ2v) is 23.8. The summed E-state index contributed by atoms with van der Waals surface area (Å²) < 4.78 is 66.2. The zero-order valence-corrected chi connectivity index (χ0v) is 52.5. The van der Waals surface area contributed by atoms with Gasteiger partial charge >= 0.3 is 5.97 Å². The molecule has 2 aliphatic rings. The average Bonchev–Trinajstić information content (AvgIpc) is 1.39. The van der Waals surface area contributed by atoms with Gasteiger partial charge in [0.25, 0.3) is 5.91 Å². The zero-order valence-electron chi connectivity index (χ0n) is 51.8. The van der Waals surface area contributed by atoms with E-state index in [1.165, 1.54) is 54.6 Å². The summed E-state index contributed by atoms with van der Waals surface area (Å²) in [5, 5.41) is 23.9. The van der Waals surface area contributed by atoms with Crippen LogP contribution >= 0.6 is 11.6 Å². The van der Waals surface area contributed by atoms with Crippen molar-refractivity contribution in [1.29, 1.82) is 5.26 Å². The number of piperidine rings is 1. The standard InChI is InChI=1S/C64H73ClF2N14O10/c1-39-34-79(63-70-32-44(33-71-63)58-51(67)29-53-59(75-58)60(57(65)41(3)72-53)73-40(2)49-27-42(30-68)11-13-50(49)66)21-22-81(39)55(82)36-80-35-45(76-77-80)37-88-25-23-87-24-26-89-38-56(83)78-19-16-46(17-20-78)90-47-9-8-10-48(28-47)91-54-14-12-43(31-69-54)61(84)74-52(62(85)86-7)15-18-64(4,5)6/h8-14,27-29,31-33,35,39-40,46,52H,15-26,34,36-38H2,1-7H3,(H,72,73)(H,74,84)/t39-,40-,52+/m1/s1. The van der Waals surface area contributed by atoms with Gasteiger partial charge < -0.3 is 53.8 Å². The molecule has 9 rings (SSSR count).